The maximum absolute atomic E-state index is 12.6. The van der Waals surface area contributed by atoms with Gasteiger partial charge in [-0.3, -0.25) is 14.3 Å². The number of rotatable bonds is 7. The second-order valence-electron chi connectivity index (χ2n) is 7.03. The molecular weight excluding hydrogens is 360 g/mol. The van der Waals surface area contributed by atoms with E-state index < -0.39 is 5.91 Å². The number of hydrogen-bond acceptors (Lipinski definition) is 4. The predicted octanol–water partition coefficient (Wildman–Crippen LogP) is 2.92. The van der Waals surface area contributed by atoms with Crippen LogP contribution in [0.5, 0.6) is 0 Å². The zero-order chi connectivity index (χ0) is 18.9. The van der Waals surface area contributed by atoms with Crippen LogP contribution >= 0.6 is 11.3 Å². The van der Waals surface area contributed by atoms with Crippen molar-refractivity contribution in [3.8, 4) is 11.1 Å². The van der Waals surface area contributed by atoms with Crippen LogP contribution in [0.15, 0.2) is 54.2 Å². The van der Waals surface area contributed by atoms with Crippen molar-refractivity contribution in [2.45, 2.75) is 19.4 Å². The Bertz CT molecular complexity index is 974. The average molecular weight is 380 g/mol. The smallest absolute Gasteiger partial charge is 0.258 e. The fourth-order valence-electron chi connectivity index (χ4n) is 3.13. The topological polar surface area (TPSA) is 90.0 Å². The van der Waals surface area contributed by atoms with Crippen LogP contribution in [0.2, 0.25) is 0 Å². The third-order valence-corrected chi connectivity index (χ3v) is 5.88. The molecule has 0 aliphatic heterocycles. The first kappa shape index (κ1) is 17.5. The Kier molecular flexibility index (Phi) is 4.53. The molecule has 1 aliphatic carbocycles. The summed E-state index contributed by atoms with van der Waals surface area (Å²) in [5, 5.41) is 9.20. The van der Waals surface area contributed by atoms with Crippen molar-refractivity contribution in [3.63, 3.8) is 0 Å². The molecule has 0 bridgehead atoms. The van der Waals surface area contributed by atoms with Crippen LogP contribution in [-0.2, 0) is 6.54 Å². The van der Waals surface area contributed by atoms with E-state index in [1.807, 2.05) is 40.5 Å². The lowest BCUT2D eigenvalue weighted by Gasteiger charge is -2.16. The Morgan fingerprint density at radius 3 is 2.74 bits per heavy atom. The summed E-state index contributed by atoms with van der Waals surface area (Å²) in [5.74, 6) is -0.527. The van der Waals surface area contributed by atoms with Gasteiger partial charge in [0, 0.05) is 36.5 Å². The molecule has 1 aliphatic rings. The molecule has 0 saturated heterocycles. The van der Waals surface area contributed by atoms with Crippen molar-refractivity contribution >= 4 is 23.2 Å². The van der Waals surface area contributed by atoms with Gasteiger partial charge in [0.1, 0.15) is 0 Å². The van der Waals surface area contributed by atoms with Crippen LogP contribution in [0, 0.1) is 5.41 Å². The molecule has 1 fully saturated rings. The minimum Gasteiger partial charge on any atom is -0.365 e. The number of primary amides is 1. The normalized spacial score (nSPS) is 14.7. The average Bonchev–Trinajstić information content (AvgIpc) is 3.05. The maximum atomic E-state index is 12.6. The van der Waals surface area contributed by atoms with Crippen molar-refractivity contribution in [2.75, 3.05) is 6.54 Å². The van der Waals surface area contributed by atoms with Gasteiger partial charge in [0.25, 0.3) is 11.8 Å². The molecule has 1 saturated carbocycles. The quantitative estimate of drug-likeness (QED) is 0.660. The molecule has 3 aromatic rings. The van der Waals surface area contributed by atoms with Gasteiger partial charge in [-0.2, -0.15) is 5.10 Å². The van der Waals surface area contributed by atoms with Gasteiger partial charge in [-0.05, 0) is 53.6 Å². The molecular formula is C20H20N4O2S. The minimum atomic E-state index is -0.438. The monoisotopic (exact) mass is 380 g/mol. The molecule has 7 heteroatoms. The summed E-state index contributed by atoms with van der Waals surface area (Å²) in [4.78, 5) is 24.4. The van der Waals surface area contributed by atoms with Crippen LogP contribution in [-0.4, -0.2) is 28.1 Å². The third kappa shape index (κ3) is 3.93. The number of hydrogen-bond donors (Lipinski definition) is 2. The van der Waals surface area contributed by atoms with Crippen molar-refractivity contribution in [2.24, 2.45) is 11.1 Å². The summed E-state index contributed by atoms with van der Waals surface area (Å²) in [6, 6.07) is 11.1. The highest BCUT2D eigenvalue weighted by Gasteiger charge is 2.43. The van der Waals surface area contributed by atoms with Gasteiger partial charge in [0.2, 0.25) is 0 Å². The van der Waals surface area contributed by atoms with Gasteiger partial charge in [0.15, 0.2) is 0 Å². The minimum absolute atomic E-state index is 0.0889. The lowest BCUT2D eigenvalue weighted by molar-refractivity contribution is 0.0941. The first-order valence-corrected chi connectivity index (χ1v) is 9.67. The predicted molar refractivity (Wildman–Crippen MR) is 105 cm³/mol. The molecule has 0 unspecified atom stereocenters. The summed E-state index contributed by atoms with van der Waals surface area (Å²) in [6.07, 6.45) is 5.91. The van der Waals surface area contributed by atoms with Crippen molar-refractivity contribution in [1.29, 1.82) is 0 Å². The van der Waals surface area contributed by atoms with E-state index in [4.69, 9.17) is 5.73 Å². The van der Waals surface area contributed by atoms with E-state index in [-0.39, 0.29) is 11.3 Å². The number of nitrogens with one attached hydrogen (secondary N) is 1. The van der Waals surface area contributed by atoms with E-state index in [2.05, 4.69) is 10.4 Å². The van der Waals surface area contributed by atoms with Crippen molar-refractivity contribution in [1.82, 2.24) is 15.1 Å². The Morgan fingerprint density at radius 2 is 2.07 bits per heavy atom. The van der Waals surface area contributed by atoms with Gasteiger partial charge >= 0.3 is 0 Å². The third-order valence-electron chi connectivity index (χ3n) is 4.94. The lowest BCUT2D eigenvalue weighted by Crippen LogP contribution is -2.32. The first-order valence-electron chi connectivity index (χ1n) is 8.79. The first-order chi connectivity index (χ1) is 13.0. The fourth-order valence-corrected chi connectivity index (χ4v) is 3.90. The number of carbonyl (C=O) groups excluding carboxylic acids is 2. The van der Waals surface area contributed by atoms with E-state index in [9.17, 15) is 9.59 Å². The van der Waals surface area contributed by atoms with Gasteiger partial charge in [-0.25, -0.2) is 0 Å². The molecule has 6 nitrogen and oxygen atoms in total. The zero-order valence-electron chi connectivity index (χ0n) is 14.7. The van der Waals surface area contributed by atoms with Gasteiger partial charge in [-0.15, -0.1) is 11.3 Å². The standard InChI is InChI=1S/C20H20N4O2S/c21-18(25)17-10-16(11-27-17)14-3-1-4-15(9-14)19(26)22-12-20(5-6-20)13-24-8-2-7-23-24/h1-4,7-11H,5-6,12-13H2,(H2,21,25)(H,22,26). The van der Waals surface area contributed by atoms with Gasteiger partial charge < -0.3 is 11.1 Å². The summed E-state index contributed by atoms with van der Waals surface area (Å²) in [5.41, 5.74) is 7.82. The summed E-state index contributed by atoms with van der Waals surface area (Å²) in [7, 11) is 0. The van der Waals surface area contributed by atoms with Crippen LogP contribution in [0.3, 0.4) is 0 Å². The number of carbonyl (C=O) groups is 2. The molecule has 3 N–H and O–H groups in total. The molecule has 1 aromatic carbocycles. The molecule has 0 spiro atoms. The number of aromatic nitrogens is 2. The fraction of sp³-hybridized carbons (Fsp3) is 0.250. The number of thiophene rings is 1. The molecule has 4 rings (SSSR count). The van der Waals surface area contributed by atoms with E-state index in [0.29, 0.717) is 17.0 Å². The molecule has 27 heavy (non-hydrogen) atoms. The number of benzene rings is 1. The largest absolute Gasteiger partial charge is 0.365 e. The van der Waals surface area contributed by atoms with E-state index in [1.54, 1.807) is 18.3 Å². The second kappa shape index (κ2) is 7.00. The number of nitrogens with two attached hydrogens (primary N) is 1. The molecule has 2 heterocycles. The summed E-state index contributed by atoms with van der Waals surface area (Å²) >= 11 is 1.31. The number of nitrogens with zero attached hydrogens (tertiary/aromatic N) is 2. The van der Waals surface area contributed by atoms with Gasteiger partial charge in [-0.1, -0.05) is 12.1 Å². The summed E-state index contributed by atoms with van der Waals surface area (Å²) in [6.45, 7) is 1.46. The molecule has 0 radical (unpaired) electrons. The molecule has 0 atom stereocenters. The molecule has 2 aromatic heterocycles. The SMILES string of the molecule is NC(=O)c1cc(-c2cccc(C(=O)NCC3(Cn4cccn4)CC3)c2)cs1. The highest BCUT2D eigenvalue weighted by Crippen LogP contribution is 2.46. The highest BCUT2D eigenvalue weighted by atomic mass is 32.1. The zero-order valence-corrected chi connectivity index (χ0v) is 15.5. The highest BCUT2D eigenvalue weighted by molar-refractivity contribution is 7.12. The molecule has 2 amide bonds. The molecule has 138 valence electrons. The van der Waals surface area contributed by atoms with E-state index in [0.717, 1.165) is 30.5 Å². The number of amides is 2. The lowest BCUT2D eigenvalue weighted by atomic mass is 10.0. The van der Waals surface area contributed by atoms with Crippen LogP contribution in [0.25, 0.3) is 11.1 Å². The van der Waals surface area contributed by atoms with Crippen molar-refractivity contribution in [3.05, 3.63) is 64.6 Å². The Hall–Kier alpha value is -2.93. The Balaban J connectivity index is 1.42. The Labute approximate surface area is 161 Å². The van der Waals surface area contributed by atoms with Crippen LogP contribution < -0.4 is 11.1 Å². The van der Waals surface area contributed by atoms with Crippen molar-refractivity contribution < 1.29 is 9.59 Å². The van der Waals surface area contributed by atoms with E-state index >= 15 is 0 Å². The summed E-state index contributed by atoms with van der Waals surface area (Å²) < 4.78 is 1.92. The van der Waals surface area contributed by atoms with Crippen LogP contribution in [0.1, 0.15) is 32.9 Å². The van der Waals surface area contributed by atoms with E-state index in [1.165, 1.54) is 11.3 Å². The van der Waals surface area contributed by atoms with Crippen LogP contribution in [0.4, 0.5) is 0 Å². The van der Waals surface area contributed by atoms with Gasteiger partial charge in [0.05, 0.1) is 4.88 Å². The Morgan fingerprint density at radius 1 is 1.22 bits per heavy atom. The maximum Gasteiger partial charge on any atom is 0.258 e. The second-order valence-corrected chi connectivity index (χ2v) is 7.94.